The molecule has 0 saturated carbocycles. The van der Waals surface area contributed by atoms with Gasteiger partial charge in [0.25, 0.3) is 5.91 Å². The van der Waals surface area contributed by atoms with Crippen molar-refractivity contribution in [2.45, 2.75) is 19.4 Å². The molecule has 1 saturated heterocycles. The van der Waals surface area contributed by atoms with Gasteiger partial charge in [-0.25, -0.2) is 4.39 Å². The normalized spacial score (nSPS) is 18.4. The van der Waals surface area contributed by atoms with E-state index in [1.165, 1.54) is 18.3 Å². The number of hydrogen-bond donors (Lipinski definition) is 3. The largest absolute Gasteiger partial charge is 0.384 e. The van der Waals surface area contributed by atoms with Crippen molar-refractivity contribution in [2.24, 2.45) is 5.92 Å². The number of hydrogen-bond acceptors (Lipinski definition) is 4. The standard InChI is InChI=1S/C23H24FN5O/c1-15-7-16(14-29(15)23(30)18-3-2-4-21(24)9-18)11-26-22-6-5-17(8-19(22)10-25)20-12-27-28-13-20/h2-6,8-10,12-13,15-16,25-26H,7,11,14H2,1H3,(H,27,28). The van der Waals surface area contributed by atoms with Gasteiger partial charge in [-0.15, -0.1) is 0 Å². The zero-order valence-electron chi connectivity index (χ0n) is 16.7. The monoisotopic (exact) mass is 405 g/mol. The van der Waals surface area contributed by atoms with Crippen molar-refractivity contribution in [1.29, 1.82) is 5.41 Å². The van der Waals surface area contributed by atoms with Gasteiger partial charge in [0.1, 0.15) is 5.82 Å². The number of aromatic amines is 1. The molecule has 0 spiro atoms. The first-order chi connectivity index (χ1) is 14.5. The summed E-state index contributed by atoms with van der Waals surface area (Å²) >= 11 is 0. The summed E-state index contributed by atoms with van der Waals surface area (Å²) in [6.45, 7) is 3.35. The van der Waals surface area contributed by atoms with E-state index >= 15 is 0 Å². The quantitative estimate of drug-likeness (QED) is 0.538. The Morgan fingerprint density at radius 1 is 1.33 bits per heavy atom. The summed E-state index contributed by atoms with van der Waals surface area (Å²) in [5.41, 5.74) is 4.04. The number of H-pyrrole nitrogens is 1. The Bertz CT molecular complexity index is 1050. The van der Waals surface area contributed by atoms with E-state index in [0.717, 1.165) is 28.8 Å². The summed E-state index contributed by atoms with van der Waals surface area (Å²) in [4.78, 5) is 14.6. The highest BCUT2D eigenvalue weighted by molar-refractivity contribution is 5.94. The molecule has 2 atom stereocenters. The van der Waals surface area contributed by atoms with Gasteiger partial charge in [0.05, 0.1) is 6.20 Å². The minimum absolute atomic E-state index is 0.0956. The van der Waals surface area contributed by atoms with Crippen LogP contribution in [0.4, 0.5) is 10.1 Å². The fourth-order valence-electron chi connectivity index (χ4n) is 4.05. The van der Waals surface area contributed by atoms with Crippen molar-refractivity contribution in [3.05, 3.63) is 71.8 Å². The third-order valence-corrected chi connectivity index (χ3v) is 5.61. The van der Waals surface area contributed by atoms with E-state index in [-0.39, 0.29) is 17.9 Å². The first kappa shape index (κ1) is 19.8. The van der Waals surface area contributed by atoms with Crippen LogP contribution >= 0.6 is 0 Å². The number of benzene rings is 2. The number of rotatable bonds is 6. The van der Waals surface area contributed by atoms with Gasteiger partial charge in [-0.2, -0.15) is 5.10 Å². The van der Waals surface area contributed by atoms with Crippen LogP contribution < -0.4 is 5.32 Å². The zero-order chi connectivity index (χ0) is 21.1. The Labute approximate surface area is 174 Å². The van der Waals surface area contributed by atoms with E-state index in [4.69, 9.17) is 5.41 Å². The molecule has 0 aliphatic carbocycles. The molecule has 30 heavy (non-hydrogen) atoms. The van der Waals surface area contributed by atoms with Crippen LogP contribution in [0.15, 0.2) is 54.9 Å². The maximum Gasteiger partial charge on any atom is 0.254 e. The lowest BCUT2D eigenvalue weighted by Gasteiger charge is -2.21. The van der Waals surface area contributed by atoms with Crippen LogP contribution in [0, 0.1) is 17.1 Å². The molecule has 1 aromatic heterocycles. The molecule has 7 heteroatoms. The lowest BCUT2D eigenvalue weighted by molar-refractivity contribution is 0.0743. The van der Waals surface area contributed by atoms with Crippen molar-refractivity contribution in [2.75, 3.05) is 18.4 Å². The van der Waals surface area contributed by atoms with Crippen LogP contribution in [0.2, 0.25) is 0 Å². The van der Waals surface area contributed by atoms with Gasteiger partial charge in [-0.3, -0.25) is 9.89 Å². The van der Waals surface area contributed by atoms with Gasteiger partial charge >= 0.3 is 0 Å². The Morgan fingerprint density at radius 3 is 2.93 bits per heavy atom. The molecule has 2 unspecified atom stereocenters. The Hall–Kier alpha value is -3.48. The van der Waals surface area contributed by atoms with Crippen molar-refractivity contribution >= 4 is 17.8 Å². The van der Waals surface area contributed by atoms with Crippen molar-refractivity contribution < 1.29 is 9.18 Å². The molecule has 1 amide bonds. The molecular formula is C23H24FN5O. The van der Waals surface area contributed by atoms with Crippen LogP contribution in [0.5, 0.6) is 0 Å². The summed E-state index contributed by atoms with van der Waals surface area (Å²) in [5, 5.41) is 18.0. The number of halogens is 1. The van der Waals surface area contributed by atoms with Gasteiger partial charge in [-0.1, -0.05) is 12.1 Å². The SMILES string of the molecule is CC1CC(CNc2ccc(-c3cn[nH]c3)cc2C=N)CN1C(=O)c1cccc(F)c1. The first-order valence-corrected chi connectivity index (χ1v) is 9.99. The molecule has 1 aliphatic rings. The number of aromatic nitrogens is 2. The maximum atomic E-state index is 13.5. The van der Waals surface area contributed by atoms with Crippen LogP contribution in [0.25, 0.3) is 11.1 Å². The van der Waals surface area contributed by atoms with E-state index in [0.29, 0.717) is 18.7 Å². The summed E-state index contributed by atoms with van der Waals surface area (Å²) < 4.78 is 13.5. The number of nitrogens with zero attached hydrogens (tertiary/aromatic N) is 2. The predicted molar refractivity (Wildman–Crippen MR) is 115 cm³/mol. The van der Waals surface area contributed by atoms with Crippen molar-refractivity contribution in [3.8, 4) is 11.1 Å². The molecule has 3 N–H and O–H groups in total. The second-order valence-electron chi connectivity index (χ2n) is 7.73. The van der Waals surface area contributed by atoms with E-state index in [2.05, 4.69) is 15.5 Å². The highest BCUT2D eigenvalue weighted by atomic mass is 19.1. The zero-order valence-corrected chi connectivity index (χ0v) is 16.7. The maximum absolute atomic E-state index is 13.5. The van der Waals surface area contributed by atoms with Crippen LogP contribution in [0.3, 0.4) is 0 Å². The van der Waals surface area contributed by atoms with E-state index in [1.54, 1.807) is 18.3 Å². The average Bonchev–Trinajstić information content (AvgIpc) is 3.41. The van der Waals surface area contributed by atoms with E-state index < -0.39 is 5.82 Å². The highest BCUT2D eigenvalue weighted by Crippen LogP contribution is 2.27. The molecule has 1 aliphatic heterocycles. The number of nitrogens with one attached hydrogen (secondary N) is 3. The average molecular weight is 405 g/mol. The molecular weight excluding hydrogens is 381 g/mol. The first-order valence-electron chi connectivity index (χ1n) is 9.99. The third-order valence-electron chi connectivity index (χ3n) is 5.61. The highest BCUT2D eigenvalue weighted by Gasteiger charge is 2.32. The molecule has 3 aromatic rings. The predicted octanol–water partition coefficient (Wildman–Crippen LogP) is 4.18. The lowest BCUT2D eigenvalue weighted by Crippen LogP contribution is -2.34. The fourth-order valence-corrected chi connectivity index (χ4v) is 4.05. The third kappa shape index (κ3) is 4.10. The van der Waals surface area contributed by atoms with Crippen molar-refractivity contribution in [1.82, 2.24) is 15.1 Å². The van der Waals surface area contributed by atoms with E-state index in [1.807, 2.05) is 36.2 Å². The second-order valence-corrected chi connectivity index (χ2v) is 7.73. The summed E-state index contributed by atoms with van der Waals surface area (Å²) in [7, 11) is 0. The Morgan fingerprint density at radius 2 is 2.20 bits per heavy atom. The van der Waals surface area contributed by atoms with Crippen molar-refractivity contribution in [3.63, 3.8) is 0 Å². The molecule has 2 heterocycles. The minimum Gasteiger partial charge on any atom is -0.384 e. The van der Waals surface area contributed by atoms with Gasteiger partial charge in [0, 0.05) is 53.9 Å². The van der Waals surface area contributed by atoms with Crippen LogP contribution in [-0.4, -0.2) is 46.4 Å². The molecule has 1 fully saturated rings. The molecule has 154 valence electrons. The van der Waals surface area contributed by atoms with Gasteiger partial charge in [0.2, 0.25) is 0 Å². The van der Waals surface area contributed by atoms with Crippen LogP contribution in [0.1, 0.15) is 29.3 Å². The van der Waals surface area contributed by atoms with Crippen LogP contribution in [-0.2, 0) is 0 Å². The van der Waals surface area contributed by atoms with E-state index in [9.17, 15) is 9.18 Å². The Kier molecular flexibility index (Phi) is 5.61. The molecule has 0 bridgehead atoms. The second kappa shape index (κ2) is 8.49. The topological polar surface area (TPSA) is 84.9 Å². The number of carbonyl (C=O) groups excluding carboxylic acids is 1. The van der Waals surface area contributed by atoms with Gasteiger partial charge in [0.15, 0.2) is 0 Å². The molecule has 0 radical (unpaired) electrons. The minimum atomic E-state index is -0.399. The number of anilines is 1. The number of carbonyl (C=O) groups is 1. The molecule has 4 rings (SSSR count). The summed E-state index contributed by atoms with van der Waals surface area (Å²) in [6.07, 6.45) is 5.78. The van der Waals surface area contributed by atoms with Gasteiger partial charge < -0.3 is 15.6 Å². The fraction of sp³-hybridized carbons (Fsp3) is 0.261. The molecule has 6 nitrogen and oxygen atoms in total. The Balaban J connectivity index is 1.41. The lowest BCUT2D eigenvalue weighted by atomic mass is 10.0. The molecule has 2 aromatic carbocycles. The number of amides is 1. The summed E-state index contributed by atoms with van der Waals surface area (Å²) in [5.74, 6) is -0.247. The summed E-state index contributed by atoms with van der Waals surface area (Å²) in [6, 6.07) is 11.9. The number of likely N-dealkylation sites (tertiary alicyclic amines) is 1. The van der Waals surface area contributed by atoms with Gasteiger partial charge in [-0.05, 0) is 55.2 Å². The smallest absolute Gasteiger partial charge is 0.254 e.